The summed E-state index contributed by atoms with van der Waals surface area (Å²) in [6.45, 7) is 5.33. The van der Waals surface area contributed by atoms with Crippen LogP contribution in [0.4, 0.5) is 0 Å². The van der Waals surface area contributed by atoms with Gasteiger partial charge in [0.1, 0.15) is 17.8 Å². The largest absolute Gasteiger partial charge is 0.506 e. The highest BCUT2D eigenvalue weighted by molar-refractivity contribution is 5.98. The Morgan fingerprint density at radius 3 is 2.59 bits per heavy atom. The molecule has 0 radical (unpaired) electrons. The van der Waals surface area contributed by atoms with Gasteiger partial charge in [0.15, 0.2) is 5.78 Å². The fraction of sp³-hybridized carbons (Fsp3) is 0.417. The van der Waals surface area contributed by atoms with Crippen molar-refractivity contribution in [3.05, 3.63) is 24.2 Å². The molecule has 1 N–H and O–H groups in total. The average Bonchev–Trinajstić information content (AvgIpc) is 2.27. The summed E-state index contributed by atoms with van der Waals surface area (Å²) in [6.07, 6.45) is 2.43. The lowest BCUT2D eigenvalue weighted by Crippen LogP contribution is -2.18. The van der Waals surface area contributed by atoms with E-state index in [1.54, 1.807) is 20.8 Å². The van der Waals surface area contributed by atoms with Crippen LogP contribution >= 0.6 is 0 Å². The normalized spacial score (nSPS) is 12.4. The highest BCUT2D eigenvalue weighted by Gasteiger charge is 2.20. The molecule has 0 fully saturated rings. The number of carbonyl (C=O) groups is 1. The van der Waals surface area contributed by atoms with Crippen molar-refractivity contribution < 1.29 is 14.6 Å². The Balaban J connectivity index is 3.00. The highest BCUT2D eigenvalue weighted by atomic mass is 16.5. The summed E-state index contributed by atoms with van der Waals surface area (Å²) in [5, 5.41) is 9.77. The summed E-state index contributed by atoms with van der Waals surface area (Å²) in [4.78, 5) is 19.4. The molecule has 0 saturated heterocycles. The van der Waals surface area contributed by atoms with Gasteiger partial charge in [0.2, 0.25) is 5.88 Å². The van der Waals surface area contributed by atoms with Gasteiger partial charge >= 0.3 is 0 Å². The number of hydrogen-bond acceptors (Lipinski definition) is 5. The second-order valence-electron chi connectivity index (χ2n) is 4.59. The minimum absolute atomic E-state index is 0.174. The molecule has 0 aliphatic carbocycles. The number of allylic oxidation sites excluding steroid dienone is 1. The van der Waals surface area contributed by atoms with Gasteiger partial charge in [-0.15, -0.1) is 0 Å². The van der Waals surface area contributed by atoms with Crippen LogP contribution in [0.2, 0.25) is 0 Å². The van der Waals surface area contributed by atoms with Gasteiger partial charge in [0, 0.05) is 17.6 Å². The molecule has 0 atom stereocenters. The van der Waals surface area contributed by atoms with Gasteiger partial charge in [-0.1, -0.05) is 20.8 Å². The Morgan fingerprint density at radius 2 is 2.06 bits per heavy atom. The van der Waals surface area contributed by atoms with Crippen molar-refractivity contribution in [2.75, 3.05) is 7.11 Å². The monoisotopic (exact) mass is 236 g/mol. The van der Waals surface area contributed by atoms with E-state index in [2.05, 4.69) is 9.97 Å². The maximum Gasteiger partial charge on any atom is 0.216 e. The number of rotatable bonds is 3. The first kappa shape index (κ1) is 13.2. The molecule has 5 heteroatoms. The van der Waals surface area contributed by atoms with E-state index in [0.717, 1.165) is 0 Å². The van der Waals surface area contributed by atoms with Gasteiger partial charge < -0.3 is 9.84 Å². The number of ketones is 1. The Labute approximate surface area is 100 Å². The number of aromatic nitrogens is 2. The van der Waals surface area contributed by atoms with Crippen molar-refractivity contribution in [2.24, 2.45) is 5.41 Å². The number of aliphatic hydroxyl groups is 1. The van der Waals surface area contributed by atoms with Crippen molar-refractivity contribution in [3.8, 4) is 5.88 Å². The number of carbonyl (C=O) groups excluding carboxylic acids is 1. The van der Waals surface area contributed by atoms with E-state index in [9.17, 15) is 9.90 Å². The quantitative estimate of drug-likeness (QED) is 0.642. The molecular weight excluding hydrogens is 220 g/mol. The zero-order chi connectivity index (χ0) is 13.1. The van der Waals surface area contributed by atoms with Gasteiger partial charge in [0.25, 0.3) is 0 Å². The van der Waals surface area contributed by atoms with Crippen LogP contribution in [0, 0.1) is 5.41 Å². The molecule has 0 aliphatic rings. The number of hydrogen-bond donors (Lipinski definition) is 1. The summed E-state index contributed by atoms with van der Waals surface area (Å²) in [5.74, 6) is -0.0311. The molecule has 1 rings (SSSR count). The highest BCUT2D eigenvalue weighted by Crippen LogP contribution is 2.19. The third-order valence-electron chi connectivity index (χ3n) is 2.12. The van der Waals surface area contributed by atoms with E-state index in [0.29, 0.717) is 5.88 Å². The third kappa shape index (κ3) is 3.55. The maximum absolute atomic E-state index is 11.7. The second-order valence-corrected chi connectivity index (χ2v) is 4.59. The predicted octanol–water partition coefficient (Wildman–Crippen LogP) is 2.00. The molecule has 0 amide bonds. The first-order valence-electron chi connectivity index (χ1n) is 5.16. The Kier molecular flexibility index (Phi) is 3.83. The maximum atomic E-state index is 11.7. The fourth-order valence-corrected chi connectivity index (χ4v) is 1.01. The molecule has 0 spiro atoms. The van der Waals surface area contributed by atoms with Crippen molar-refractivity contribution in [3.63, 3.8) is 0 Å². The van der Waals surface area contributed by atoms with Gasteiger partial charge in [-0.2, -0.15) is 0 Å². The lowest BCUT2D eigenvalue weighted by molar-refractivity contribution is -0.121. The van der Waals surface area contributed by atoms with E-state index < -0.39 is 5.41 Å². The molecule has 0 aromatic carbocycles. The minimum atomic E-state index is -0.537. The number of ether oxygens (including phenoxy) is 1. The van der Waals surface area contributed by atoms with Gasteiger partial charge in [-0.05, 0) is 0 Å². The van der Waals surface area contributed by atoms with Crippen LogP contribution in [0.15, 0.2) is 18.5 Å². The molecular formula is C12H16N2O3. The Hall–Kier alpha value is -1.91. The lowest BCUT2D eigenvalue weighted by Gasteiger charge is -2.13. The molecule has 17 heavy (non-hydrogen) atoms. The van der Waals surface area contributed by atoms with Crippen LogP contribution in [0.1, 0.15) is 26.5 Å². The van der Waals surface area contributed by atoms with Crippen LogP contribution in [0.25, 0.3) is 5.76 Å². The molecule has 1 aromatic rings. The zero-order valence-corrected chi connectivity index (χ0v) is 10.4. The third-order valence-corrected chi connectivity index (χ3v) is 2.12. The Morgan fingerprint density at radius 1 is 1.41 bits per heavy atom. The van der Waals surface area contributed by atoms with Crippen LogP contribution in [-0.4, -0.2) is 28.0 Å². The molecule has 92 valence electrons. The van der Waals surface area contributed by atoms with Crippen molar-refractivity contribution in [2.45, 2.75) is 20.8 Å². The fourth-order valence-electron chi connectivity index (χ4n) is 1.01. The Bertz CT molecular complexity index is 447. The standard InChI is InChI=1S/C12H16N2O3/c1-12(2,3)10(16)6-9(15)8-5-11(17-4)14-7-13-8/h5-7,15H,1-4H3. The summed E-state index contributed by atoms with van der Waals surface area (Å²) < 4.78 is 4.90. The van der Waals surface area contributed by atoms with Gasteiger partial charge in [0.05, 0.1) is 7.11 Å². The molecule has 5 nitrogen and oxygen atoms in total. The number of aliphatic hydroxyl groups excluding tert-OH is 1. The summed E-state index contributed by atoms with van der Waals surface area (Å²) >= 11 is 0. The summed E-state index contributed by atoms with van der Waals surface area (Å²) in [7, 11) is 1.47. The second kappa shape index (κ2) is 4.95. The van der Waals surface area contributed by atoms with Gasteiger partial charge in [-0.3, -0.25) is 4.79 Å². The smallest absolute Gasteiger partial charge is 0.216 e. The van der Waals surface area contributed by atoms with E-state index in [4.69, 9.17) is 4.74 Å². The first-order chi connectivity index (χ1) is 7.84. The molecule has 1 aromatic heterocycles. The first-order valence-corrected chi connectivity index (χ1v) is 5.16. The topological polar surface area (TPSA) is 72.3 Å². The predicted molar refractivity (Wildman–Crippen MR) is 63.7 cm³/mol. The molecule has 0 unspecified atom stereocenters. The molecule has 0 bridgehead atoms. The minimum Gasteiger partial charge on any atom is -0.506 e. The molecule has 0 aliphatic heterocycles. The van der Waals surface area contributed by atoms with Crippen LogP contribution in [0.5, 0.6) is 5.88 Å². The summed E-state index contributed by atoms with van der Waals surface area (Å²) in [5.41, 5.74) is -0.278. The number of nitrogens with zero attached hydrogens (tertiary/aromatic N) is 2. The van der Waals surface area contributed by atoms with Crippen molar-refractivity contribution in [1.82, 2.24) is 9.97 Å². The van der Waals surface area contributed by atoms with E-state index in [1.165, 1.54) is 25.6 Å². The van der Waals surface area contributed by atoms with Gasteiger partial charge in [-0.25, -0.2) is 9.97 Å². The van der Waals surface area contributed by atoms with E-state index in [1.807, 2.05) is 0 Å². The summed E-state index contributed by atoms with van der Waals surface area (Å²) in [6, 6.07) is 1.46. The average molecular weight is 236 g/mol. The zero-order valence-electron chi connectivity index (χ0n) is 10.4. The van der Waals surface area contributed by atoms with E-state index >= 15 is 0 Å². The number of methoxy groups -OCH3 is 1. The SMILES string of the molecule is COc1cc(C(O)=CC(=O)C(C)(C)C)ncn1. The van der Waals surface area contributed by atoms with Crippen molar-refractivity contribution in [1.29, 1.82) is 0 Å². The molecule has 0 saturated carbocycles. The van der Waals surface area contributed by atoms with E-state index in [-0.39, 0.29) is 17.2 Å². The molecule has 1 heterocycles. The van der Waals surface area contributed by atoms with Crippen molar-refractivity contribution >= 4 is 11.5 Å². The van der Waals surface area contributed by atoms with Crippen LogP contribution in [-0.2, 0) is 4.79 Å². The van der Waals surface area contributed by atoms with Crippen LogP contribution < -0.4 is 4.74 Å². The lowest BCUT2D eigenvalue weighted by atomic mass is 9.90. The van der Waals surface area contributed by atoms with Crippen LogP contribution in [0.3, 0.4) is 0 Å².